The van der Waals surface area contributed by atoms with Crippen molar-refractivity contribution < 1.29 is 14.3 Å². The fourth-order valence-corrected chi connectivity index (χ4v) is 7.38. The SMILES string of the molecule is CCc1c(C)c2cc3nc(c4c5[nH]c(cc6nc(cc1[nH]2)C(=S)C6(C)CC)c(C)c5C(=O)C4)[C@@H](CCC(=O)OC)[C@@H]3C. The van der Waals surface area contributed by atoms with E-state index in [2.05, 4.69) is 62.8 Å². The number of H-pyrrole nitrogens is 2. The second kappa shape index (κ2) is 10.3. The second-order valence-electron chi connectivity index (χ2n) is 12.2. The number of aromatic nitrogens is 4. The minimum Gasteiger partial charge on any atom is -0.469 e. The Labute approximate surface area is 251 Å². The highest BCUT2D eigenvalue weighted by Gasteiger charge is 2.39. The van der Waals surface area contributed by atoms with Crippen molar-refractivity contribution in [1.82, 2.24) is 19.9 Å². The molecule has 2 N–H and O–H groups in total. The van der Waals surface area contributed by atoms with Crippen LogP contribution in [0, 0.1) is 13.8 Å². The van der Waals surface area contributed by atoms with Gasteiger partial charge in [0.15, 0.2) is 5.78 Å². The van der Waals surface area contributed by atoms with Gasteiger partial charge in [-0.05, 0) is 74.9 Å². The van der Waals surface area contributed by atoms with Crippen molar-refractivity contribution in [1.29, 1.82) is 0 Å². The van der Waals surface area contributed by atoms with E-state index >= 15 is 0 Å². The second-order valence-corrected chi connectivity index (χ2v) is 12.6. The first kappa shape index (κ1) is 28.5. The van der Waals surface area contributed by atoms with E-state index in [1.54, 1.807) is 0 Å². The highest BCUT2D eigenvalue weighted by atomic mass is 32.1. The topological polar surface area (TPSA) is 101 Å². The Kier molecular flexibility index (Phi) is 6.96. The quantitative estimate of drug-likeness (QED) is 0.245. The Balaban J connectivity index is 1.74. The normalized spacial score (nSPS) is 21.3. The number of hydrogen-bond acceptors (Lipinski definition) is 6. The van der Waals surface area contributed by atoms with E-state index < -0.39 is 5.41 Å². The molecule has 3 aromatic rings. The number of ketones is 1. The summed E-state index contributed by atoms with van der Waals surface area (Å²) >= 11 is 6.06. The number of ether oxygens (including phenoxy) is 1. The maximum absolute atomic E-state index is 13.5. The van der Waals surface area contributed by atoms with Crippen molar-refractivity contribution in [3.63, 3.8) is 0 Å². The maximum Gasteiger partial charge on any atom is 0.305 e. The lowest BCUT2D eigenvalue weighted by molar-refractivity contribution is -0.140. The highest BCUT2D eigenvalue weighted by Crippen LogP contribution is 2.44. The van der Waals surface area contributed by atoms with Crippen LogP contribution in [0.25, 0.3) is 22.1 Å². The molecule has 0 spiro atoms. The lowest BCUT2D eigenvalue weighted by atomic mass is 9.81. The molecule has 3 aromatic heterocycles. The van der Waals surface area contributed by atoms with Gasteiger partial charge < -0.3 is 14.7 Å². The van der Waals surface area contributed by atoms with E-state index in [0.717, 1.165) is 79.2 Å². The van der Waals surface area contributed by atoms with Gasteiger partial charge in [-0.15, -0.1) is 0 Å². The summed E-state index contributed by atoms with van der Waals surface area (Å²) < 4.78 is 4.97. The number of esters is 1. The number of thiocarbonyl (C=S) groups is 1. The Morgan fingerprint density at radius 1 is 1.10 bits per heavy atom. The molecule has 0 amide bonds. The number of methoxy groups -OCH3 is 1. The monoisotopic (exact) mass is 582 g/mol. The Hall–Kier alpha value is -3.65. The molecule has 42 heavy (non-hydrogen) atoms. The van der Waals surface area contributed by atoms with Crippen molar-refractivity contribution in [2.75, 3.05) is 7.11 Å². The smallest absolute Gasteiger partial charge is 0.305 e. The third-order valence-electron chi connectivity index (χ3n) is 9.98. The number of hydrogen-bond donors (Lipinski definition) is 2. The number of nitrogens with zero attached hydrogens (tertiary/aromatic N) is 2. The zero-order chi connectivity index (χ0) is 30.1. The van der Waals surface area contributed by atoms with E-state index in [9.17, 15) is 9.59 Å². The number of nitrogens with one attached hydrogen (secondary N) is 2. The molecule has 1 unspecified atom stereocenters. The molecule has 6 rings (SSSR count). The van der Waals surface area contributed by atoms with E-state index in [1.807, 2.05) is 6.92 Å². The van der Waals surface area contributed by atoms with E-state index in [4.69, 9.17) is 26.9 Å². The highest BCUT2D eigenvalue weighted by molar-refractivity contribution is 7.81. The predicted molar refractivity (Wildman–Crippen MR) is 170 cm³/mol. The Morgan fingerprint density at radius 2 is 1.83 bits per heavy atom. The first-order valence-corrected chi connectivity index (χ1v) is 15.3. The summed E-state index contributed by atoms with van der Waals surface area (Å²) in [4.78, 5) is 44.1. The van der Waals surface area contributed by atoms with Crippen LogP contribution in [0.5, 0.6) is 0 Å². The van der Waals surface area contributed by atoms with Crippen LogP contribution in [0.4, 0.5) is 0 Å². The predicted octanol–water partition coefficient (Wildman–Crippen LogP) is 7.16. The van der Waals surface area contributed by atoms with Crippen molar-refractivity contribution in [3.05, 3.63) is 68.8 Å². The number of Topliss-reactive ketones (excluding diaryl/α,β-unsaturated/α-hetero) is 1. The number of carbonyl (C=O) groups is 2. The number of carbonyl (C=O) groups excluding carboxylic acids is 2. The fourth-order valence-electron chi connectivity index (χ4n) is 7.03. The van der Waals surface area contributed by atoms with Gasteiger partial charge in [0, 0.05) is 63.5 Å². The molecule has 0 saturated heterocycles. The van der Waals surface area contributed by atoms with Gasteiger partial charge >= 0.3 is 5.97 Å². The van der Waals surface area contributed by atoms with Gasteiger partial charge in [0.05, 0.1) is 34.6 Å². The van der Waals surface area contributed by atoms with Crippen LogP contribution in [0.1, 0.15) is 114 Å². The summed E-state index contributed by atoms with van der Waals surface area (Å²) in [6.07, 6.45) is 2.87. The Bertz CT molecular complexity index is 1850. The van der Waals surface area contributed by atoms with Crippen molar-refractivity contribution >= 4 is 50.9 Å². The number of fused-ring (bicyclic) bond motifs is 8. The number of aryl methyl sites for hydroxylation is 3. The van der Waals surface area contributed by atoms with Crippen LogP contribution in [-0.2, 0) is 27.8 Å². The third kappa shape index (κ3) is 4.17. The zero-order valence-corrected chi connectivity index (χ0v) is 26.3. The van der Waals surface area contributed by atoms with E-state index in [1.165, 1.54) is 18.2 Å². The minimum atomic E-state index is -0.399. The molecule has 2 aliphatic heterocycles. The molecule has 8 heteroatoms. The lowest BCUT2D eigenvalue weighted by Crippen LogP contribution is -2.26. The molecule has 0 fully saturated rings. The molecule has 7 nitrogen and oxygen atoms in total. The van der Waals surface area contributed by atoms with Crippen molar-refractivity contribution in [2.45, 2.75) is 90.9 Å². The Morgan fingerprint density at radius 3 is 2.52 bits per heavy atom. The summed E-state index contributed by atoms with van der Waals surface area (Å²) in [5.41, 5.74) is 11.9. The molecule has 3 atom stereocenters. The van der Waals surface area contributed by atoms with Gasteiger partial charge in [0.25, 0.3) is 0 Å². The average molecular weight is 583 g/mol. The van der Waals surface area contributed by atoms with Crippen LogP contribution >= 0.6 is 12.2 Å². The molecular formula is C34H38N4O3S. The summed E-state index contributed by atoms with van der Waals surface area (Å²) in [5.74, 6) is -0.104. The third-order valence-corrected chi connectivity index (χ3v) is 10.6. The minimum absolute atomic E-state index is 0.0144. The fraction of sp³-hybridized carbons (Fsp3) is 0.441. The van der Waals surface area contributed by atoms with Gasteiger partial charge in [0.2, 0.25) is 0 Å². The van der Waals surface area contributed by atoms with E-state index in [-0.39, 0.29) is 23.6 Å². The molecule has 0 saturated carbocycles. The first-order valence-electron chi connectivity index (χ1n) is 14.9. The molecule has 5 heterocycles. The number of aromatic amines is 2. The zero-order valence-electron chi connectivity index (χ0n) is 25.4. The molecule has 3 aliphatic rings. The van der Waals surface area contributed by atoms with E-state index in [0.29, 0.717) is 19.3 Å². The van der Waals surface area contributed by atoms with Crippen molar-refractivity contribution in [2.24, 2.45) is 0 Å². The lowest BCUT2D eigenvalue weighted by Gasteiger charge is -2.21. The largest absolute Gasteiger partial charge is 0.469 e. The molecule has 0 aromatic carbocycles. The van der Waals surface area contributed by atoms with Gasteiger partial charge in [-0.2, -0.15) is 0 Å². The van der Waals surface area contributed by atoms with Gasteiger partial charge in [0.1, 0.15) is 0 Å². The van der Waals surface area contributed by atoms with Crippen LogP contribution in [0.3, 0.4) is 0 Å². The number of rotatable bonds is 5. The summed E-state index contributed by atoms with van der Waals surface area (Å²) in [5, 5.41) is 0. The standard InChI is InChI=1S/C34H38N4O3S/c1-8-19-16(3)22-13-23-17(4)20(10-11-29(40)41-7)31(37-23)21-12-27(39)30-18(5)24(38-32(21)30)15-28-34(6,9-2)33(42)26(36-28)14-25(19)35-22/h13-15,17,20,35,38H,8-12H2,1-7H3/t17-,20-,34?/m0/s1. The summed E-state index contributed by atoms with van der Waals surface area (Å²) in [7, 11) is 1.42. The van der Waals surface area contributed by atoms with Crippen LogP contribution in [0.15, 0.2) is 18.2 Å². The van der Waals surface area contributed by atoms with Crippen LogP contribution in [0.2, 0.25) is 0 Å². The van der Waals surface area contributed by atoms with Gasteiger partial charge in [-0.3, -0.25) is 19.6 Å². The van der Waals surface area contributed by atoms with Crippen molar-refractivity contribution in [3.8, 4) is 0 Å². The molecule has 1 aliphatic carbocycles. The van der Waals surface area contributed by atoms with Crippen LogP contribution < -0.4 is 0 Å². The molecule has 218 valence electrons. The van der Waals surface area contributed by atoms with Gasteiger partial charge in [-0.25, -0.2) is 0 Å². The molecule has 0 radical (unpaired) electrons. The molecular weight excluding hydrogens is 544 g/mol. The molecule has 8 bridgehead atoms. The van der Waals surface area contributed by atoms with Gasteiger partial charge in [-0.1, -0.05) is 33.0 Å². The average Bonchev–Trinajstić information content (AvgIpc) is 3.71. The summed E-state index contributed by atoms with van der Waals surface area (Å²) in [6, 6.07) is 6.31. The maximum atomic E-state index is 13.5. The first-order chi connectivity index (χ1) is 20.0. The summed E-state index contributed by atoms with van der Waals surface area (Å²) in [6.45, 7) is 12.8. The van der Waals surface area contributed by atoms with Crippen LogP contribution in [-0.4, -0.2) is 43.7 Å².